The summed E-state index contributed by atoms with van der Waals surface area (Å²) >= 11 is 6.99. The Kier molecular flexibility index (Phi) is 8.68. The zero-order chi connectivity index (χ0) is 28.1. The van der Waals surface area contributed by atoms with Gasteiger partial charge in [0.15, 0.2) is 6.61 Å². The summed E-state index contributed by atoms with van der Waals surface area (Å²) in [6.45, 7) is 3.05. The second-order valence-electron chi connectivity index (χ2n) is 8.62. The number of imide groups is 1. The molecule has 1 saturated heterocycles. The number of ether oxygens (including phenoxy) is 1. The van der Waals surface area contributed by atoms with E-state index in [0.717, 1.165) is 16.0 Å². The van der Waals surface area contributed by atoms with Gasteiger partial charge in [-0.3, -0.25) is 24.1 Å². The van der Waals surface area contributed by atoms with Crippen LogP contribution in [0.2, 0.25) is 5.02 Å². The summed E-state index contributed by atoms with van der Waals surface area (Å²) in [6, 6.07) is 15.8. The number of thioether (sulfide) groups is 1. The second-order valence-corrected chi connectivity index (χ2v) is 10.0. The molecule has 2 N–H and O–H groups in total. The number of nitrogens with zero attached hydrogens (tertiary/aromatic N) is 1. The molecular weight excluding hydrogens is 545 g/mol. The summed E-state index contributed by atoms with van der Waals surface area (Å²) in [5.74, 6) is -2.03. The van der Waals surface area contributed by atoms with Crippen LogP contribution >= 0.6 is 23.4 Å². The second kappa shape index (κ2) is 12.1. The molecule has 0 bridgehead atoms. The first-order valence-electron chi connectivity index (χ1n) is 11.7. The molecule has 0 radical (unpaired) electrons. The molecule has 0 spiro atoms. The molecule has 1 aliphatic heterocycles. The molecule has 11 heteroatoms. The summed E-state index contributed by atoms with van der Waals surface area (Å²) in [5, 5.41) is 4.71. The Labute approximate surface area is 233 Å². The van der Waals surface area contributed by atoms with Gasteiger partial charge in [0, 0.05) is 5.69 Å². The van der Waals surface area contributed by atoms with Crippen molar-refractivity contribution in [1.82, 2.24) is 4.90 Å². The molecule has 1 heterocycles. The van der Waals surface area contributed by atoms with Crippen LogP contribution in [0, 0.1) is 19.7 Å². The fraction of sp³-hybridized carbons (Fsp3) is 0.143. The lowest BCUT2D eigenvalue weighted by atomic mass is 10.1. The van der Waals surface area contributed by atoms with E-state index in [4.69, 9.17) is 16.3 Å². The van der Waals surface area contributed by atoms with E-state index in [2.05, 4.69) is 10.6 Å². The Balaban J connectivity index is 1.35. The van der Waals surface area contributed by atoms with Gasteiger partial charge in [-0.2, -0.15) is 0 Å². The molecular formula is C28H23ClFN3O5S. The lowest BCUT2D eigenvalue weighted by Gasteiger charge is -2.13. The Hall–Kier alpha value is -4.15. The van der Waals surface area contributed by atoms with Crippen molar-refractivity contribution in [2.75, 3.05) is 23.8 Å². The minimum atomic E-state index is -0.596. The average molecular weight is 568 g/mol. The average Bonchev–Trinajstić information content (AvgIpc) is 3.14. The van der Waals surface area contributed by atoms with Gasteiger partial charge in [0.25, 0.3) is 17.1 Å². The van der Waals surface area contributed by atoms with Gasteiger partial charge in [0.1, 0.15) is 18.1 Å². The normalized spacial score (nSPS) is 14.1. The van der Waals surface area contributed by atoms with Crippen molar-refractivity contribution in [3.05, 3.63) is 93.1 Å². The lowest BCUT2D eigenvalue weighted by Crippen LogP contribution is -2.36. The van der Waals surface area contributed by atoms with Crippen LogP contribution in [0.1, 0.15) is 16.7 Å². The summed E-state index contributed by atoms with van der Waals surface area (Å²) in [6.07, 6.45) is 1.48. The van der Waals surface area contributed by atoms with E-state index >= 15 is 0 Å². The number of benzene rings is 3. The van der Waals surface area contributed by atoms with E-state index in [1.165, 1.54) is 36.4 Å². The molecule has 0 saturated carbocycles. The minimum Gasteiger partial charge on any atom is -0.482 e. The molecule has 4 rings (SSSR count). The number of halogens is 2. The van der Waals surface area contributed by atoms with Crippen LogP contribution in [-0.2, 0) is 14.4 Å². The van der Waals surface area contributed by atoms with Crippen LogP contribution in [0.5, 0.6) is 5.75 Å². The third-order valence-electron chi connectivity index (χ3n) is 5.73. The van der Waals surface area contributed by atoms with Crippen LogP contribution in [0.4, 0.5) is 20.6 Å². The van der Waals surface area contributed by atoms with Gasteiger partial charge in [0.2, 0.25) is 5.91 Å². The number of nitrogens with one attached hydrogen (secondary N) is 2. The maximum Gasteiger partial charge on any atom is 0.294 e. The molecule has 39 heavy (non-hydrogen) atoms. The number of carbonyl (C=O) groups excluding carboxylic acids is 4. The summed E-state index contributed by atoms with van der Waals surface area (Å²) < 4.78 is 19.1. The van der Waals surface area contributed by atoms with Crippen molar-refractivity contribution in [1.29, 1.82) is 0 Å². The number of rotatable bonds is 8. The first-order chi connectivity index (χ1) is 18.6. The number of hydrogen-bond donors (Lipinski definition) is 2. The topological polar surface area (TPSA) is 105 Å². The zero-order valence-corrected chi connectivity index (χ0v) is 22.5. The van der Waals surface area contributed by atoms with Crippen molar-refractivity contribution in [2.45, 2.75) is 13.8 Å². The zero-order valence-electron chi connectivity index (χ0n) is 20.9. The standard InChI is InChI=1S/C28H23ClFN3O5S/c1-16-7-9-19(11-17(16)2)31-25(34)14-33-27(36)24(39-28(33)37)13-18-8-10-23(20(29)12-18)38-15-26(35)32-22-6-4-3-5-21(22)30/h3-13H,14-15H2,1-2H3,(H,31,34)(H,32,35)/b24-13-. The summed E-state index contributed by atoms with van der Waals surface area (Å²) in [7, 11) is 0. The predicted octanol–water partition coefficient (Wildman–Crippen LogP) is 5.79. The molecule has 0 aliphatic carbocycles. The van der Waals surface area contributed by atoms with Crippen LogP contribution in [-0.4, -0.2) is 41.0 Å². The third kappa shape index (κ3) is 7.04. The number of para-hydroxylation sites is 1. The molecule has 0 aromatic heterocycles. The third-order valence-corrected chi connectivity index (χ3v) is 6.93. The van der Waals surface area contributed by atoms with Crippen LogP contribution in [0.25, 0.3) is 6.08 Å². The highest BCUT2D eigenvalue weighted by Crippen LogP contribution is 2.34. The molecule has 1 aliphatic rings. The van der Waals surface area contributed by atoms with E-state index in [9.17, 15) is 23.6 Å². The van der Waals surface area contributed by atoms with E-state index in [0.29, 0.717) is 23.0 Å². The molecule has 3 aromatic carbocycles. The lowest BCUT2D eigenvalue weighted by molar-refractivity contribution is -0.127. The Morgan fingerprint density at radius 2 is 1.77 bits per heavy atom. The molecule has 0 unspecified atom stereocenters. The largest absolute Gasteiger partial charge is 0.482 e. The Morgan fingerprint density at radius 3 is 2.49 bits per heavy atom. The van der Waals surface area contributed by atoms with E-state index < -0.39 is 41.9 Å². The van der Waals surface area contributed by atoms with Gasteiger partial charge in [-0.1, -0.05) is 35.9 Å². The molecule has 200 valence electrons. The highest BCUT2D eigenvalue weighted by Gasteiger charge is 2.36. The number of hydrogen-bond acceptors (Lipinski definition) is 6. The number of carbonyl (C=O) groups is 4. The fourth-order valence-electron chi connectivity index (χ4n) is 3.57. The van der Waals surface area contributed by atoms with Crippen LogP contribution < -0.4 is 15.4 Å². The van der Waals surface area contributed by atoms with Gasteiger partial charge in [0.05, 0.1) is 15.6 Å². The van der Waals surface area contributed by atoms with Crippen molar-refractivity contribution < 1.29 is 28.3 Å². The predicted molar refractivity (Wildman–Crippen MR) is 149 cm³/mol. The number of amides is 4. The summed E-state index contributed by atoms with van der Waals surface area (Å²) in [4.78, 5) is 50.8. The quantitative estimate of drug-likeness (QED) is 0.334. The maximum absolute atomic E-state index is 13.7. The van der Waals surface area contributed by atoms with Crippen LogP contribution in [0.3, 0.4) is 0 Å². The Morgan fingerprint density at radius 1 is 1.00 bits per heavy atom. The first kappa shape index (κ1) is 27.9. The van der Waals surface area contributed by atoms with Crippen molar-refractivity contribution in [3.8, 4) is 5.75 Å². The van der Waals surface area contributed by atoms with Gasteiger partial charge in [-0.15, -0.1) is 0 Å². The smallest absolute Gasteiger partial charge is 0.294 e. The SMILES string of the molecule is Cc1ccc(NC(=O)CN2C(=O)S/C(=C\c3ccc(OCC(=O)Nc4ccccc4F)c(Cl)c3)C2=O)cc1C. The summed E-state index contributed by atoms with van der Waals surface area (Å²) in [5.41, 5.74) is 3.20. The molecule has 8 nitrogen and oxygen atoms in total. The Bertz CT molecular complexity index is 1510. The monoisotopic (exact) mass is 567 g/mol. The maximum atomic E-state index is 13.7. The number of aryl methyl sites for hydroxylation is 2. The van der Waals surface area contributed by atoms with Crippen molar-refractivity contribution in [3.63, 3.8) is 0 Å². The first-order valence-corrected chi connectivity index (χ1v) is 12.9. The molecule has 3 aromatic rings. The van der Waals surface area contributed by atoms with Gasteiger partial charge >= 0.3 is 0 Å². The molecule has 4 amide bonds. The van der Waals surface area contributed by atoms with Crippen molar-refractivity contribution >= 4 is 63.8 Å². The van der Waals surface area contributed by atoms with Gasteiger partial charge < -0.3 is 15.4 Å². The highest BCUT2D eigenvalue weighted by atomic mass is 35.5. The van der Waals surface area contributed by atoms with Crippen LogP contribution in [0.15, 0.2) is 65.6 Å². The number of anilines is 2. The highest BCUT2D eigenvalue weighted by molar-refractivity contribution is 8.18. The molecule has 1 fully saturated rings. The van der Waals surface area contributed by atoms with E-state index in [-0.39, 0.29) is 21.4 Å². The fourth-order valence-corrected chi connectivity index (χ4v) is 4.65. The minimum absolute atomic E-state index is 0.0317. The van der Waals surface area contributed by atoms with Crippen molar-refractivity contribution in [2.24, 2.45) is 0 Å². The van der Waals surface area contributed by atoms with E-state index in [1.807, 2.05) is 26.0 Å². The van der Waals surface area contributed by atoms with Gasteiger partial charge in [-0.05, 0) is 84.8 Å². The molecule has 0 atom stereocenters. The van der Waals surface area contributed by atoms with E-state index in [1.54, 1.807) is 18.2 Å². The van der Waals surface area contributed by atoms with Gasteiger partial charge in [-0.25, -0.2) is 4.39 Å².